The lowest BCUT2D eigenvalue weighted by molar-refractivity contribution is 0.0934. The van der Waals surface area contributed by atoms with Crippen LogP contribution in [0.15, 0.2) is 48.5 Å². The second-order valence-corrected chi connectivity index (χ2v) is 7.27. The monoisotopic (exact) mass is 419 g/mol. The molecule has 3 N–H and O–H groups in total. The highest BCUT2D eigenvalue weighted by Gasteiger charge is 2.10. The summed E-state index contributed by atoms with van der Waals surface area (Å²) in [5, 5.41) is 2.97. The van der Waals surface area contributed by atoms with Gasteiger partial charge in [0.2, 0.25) is 0 Å². The number of hydrogen-bond donors (Lipinski definition) is 3. The van der Waals surface area contributed by atoms with E-state index in [-0.39, 0.29) is 5.11 Å². The average Bonchev–Trinajstić information content (AvgIpc) is 2.67. The second-order valence-electron chi connectivity index (χ2n) is 6.42. The van der Waals surface area contributed by atoms with Gasteiger partial charge in [-0.05, 0) is 73.1 Å². The van der Waals surface area contributed by atoms with Crippen molar-refractivity contribution in [3.8, 4) is 5.75 Å². The number of hydrazine groups is 1. The largest absolute Gasteiger partial charge is 0.494 e. The summed E-state index contributed by atoms with van der Waals surface area (Å²) in [6, 6.07) is 13.1. The molecule has 2 amide bonds. The Kier molecular flexibility index (Phi) is 8.22. The van der Waals surface area contributed by atoms with Gasteiger partial charge in [0.05, 0.1) is 6.61 Å². The van der Waals surface area contributed by atoms with E-state index in [9.17, 15) is 9.59 Å². The van der Waals surface area contributed by atoms with Gasteiger partial charge in [-0.2, -0.15) is 0 Å². The zero-order chi connectivity index (χ0) is 20.5. The number of amides is 2. The van der Waals surface area contributed by atoms with Crippen LogP contribution >= 0.6 is 23.8 Å². The average molecular weight is 420 g/mol. The fourth-order valence-corrected chi connectivity index (χ4v) is 2.38. The third-order valence-electron chi connectivity index (χ3n) is 3.70. The summed E-state index contributed by atoms with van der Waals surface area (Å²) in [7, 11) is 0. The van der Waals surface area contributed by atoms with Gasteiger partial charge in [0.1, 0.15) is 5.75 Å². The van der Waals surface area contributed by atoms with Crippen molar-refractivity contribution in [2.75, 3.05) is 6.61 Å². The van der Waals surface area contributed by atoms with E-state index in [1.807, 2.05) is 0 Å². The van der Waals surface area contributed by atoms with Crippen LogP contribution in [0.3, 0.4) is 0 Å². The predicted octanol–water partition coefficient (Wildman–Crippen LogP) is 3.71. The lowest BCUT2D eigenvalue weighted by Gasteiger charge is -2.11. The molecule has 2 aromatic carbocycles. The zero-order valence-corrected chi connectivity index (χ0v) is 17.2. The van der Waals surface area contributed by atoms with Crippen LogP contribution < -0.4 is 20.9 Å². The van der Waals surface area contributed by atoms with Crippen molar-refractivity contribution in [3.05, 3.63) is 64.7 Å². The number of benzene rings is 2. The van der Waals surface area contributed by atoms with Crippen molar-refractivity contribution in [3.63, 3.8) is 0 Å². The molecule has 0 bridgehead atoms. The third kappa shape index (κ3) is 7.17. The van der Waals surface area contributed by atoms with Gasteiger partial charge in [-0.3, -0.25) is 25.8 Å². The minimum Gasteiger partial charge on any atom is -0.494 e. The molecule has 0 saturated heterocycles. The van der Waals surface area contributed by atoms with Crippen LogP contribution in [0, 0.1) is 5.92 Å². The van der Waals surface area contributed by atoms with E-state index in [0.29, 0.717) is 34.4 Å². The summed E-state index contributed by atoms with van der Waals surface area (Å²) in [6.07, 6.45) is 0.964. The standard InChI is InChI=1S/C20H22ClN3O3S/c1-13(2)11-12-27-17-9-5-15(6-10-17)19(26)23-24-20(28)22-18(25)14-3-7-16(21)8-4-14/h3-10,13H,11-12H2,1-2H3,(H,23,26)(H2,22,24,25,28). The van der Waals surface area contributed by atoms with Crippen LogP contribution in [0.4, 0.5) is 0 Å². The smallest absolute Gasteiger partial charge is 0.269 e. The quantitative estimate of drug-likeness (QED) is 0.491. The molecule has 6 nitrogen and oxygen atoms in total. The SMILES string of the molecule is CC(C)CCOc1ccc(C(=O)NNC(=S)NC(=O)c2ccc(Cl)cc2)cc1. The molecule has 2 aromatic rings. The summed E-state index contributed by atoms with van der Waals surface area (Å²) >= 11 is 10.8. The van der Waals surface area contributed by atoms with Crippen LogP contribution in [0.2, 0.25) is 5.02 Å². The van der Waals surface area contributed by atoms with Crippen LogP contribution in [0.5, 0.6) is 5.75 Å². The topological polar surface area (TPSA) is 79.5 Å². The van der Waals surface area contributed by atoms with Crippen molar-refractivity contribution in [2.24, 2.45) is 5.92 Å². The molecule has 0 atom stereocenters. The predicted molar refractivity (Wildman–Crippen MR) is 114 cm³/mol. The molecule has 28 heavy (non-hydrogen) atoms. The number of hydrogen-bond acceptors (Lipinski definition) is 4. The molecule has 0 saturated carbocycles. The van der Waals surface area contributed by atoms with Gasteiger partial charge < -0.3 is 4.74 Å². The van der Waals surface area contributed by atoms with E-state index in [1.165, 1.54) is 0 Å². The molecule has 0 aromatic heterocycles. The fourth-order valence-electron chi connectivity index (χ4n) is 2.11. The first-order valence-corrected chi connectivity index (χ1v) is 9.54. The number of carbonyl (C=O) groups is 2. The van der Waals surface area contributed by atoms with Gasteiger partial charge in [-0.25, -0.2) is 0 Å². The minimum absolute atomic E-state index is 0.0260. The van der Waals surface area contributed by atoms with Crippen molar-refractivity contribution in [1.82, 2.24) is 16.2 Å². The highest BCUT2D eigenvalue weighted by Crippen LogP contribution is 2.13. The first-order chi connectivity index (χ1) is 13.3. The molecular weight excluding hydrogens is 398 g/mol. The Labute approximate surface area is 174 Å². The Morgan fingerprint density at radius 3 is 2.14 bits per heavy atom. The number of carbonyl (C=O) groups excluding carboxylic acids is 2. The Balaban J connectivity index is 1.78. The summed E-state index contributed by atoms with van der Waals surface area (Å²) < 4.78 is 5.62. The van der Waals surface area contributed by atoms with E-state index < -0.39 is 11.8 Å². The molecule has 0 heterocycles. The lowest BCUT2D eigenvalue weighted by Crippen LogP contribution is -2.48. The van der Waals surface area contributed by atoms with Crippen LogP contribution in [-0.4, -0.2) is 23.5 Å². The maximum atomic E-state index is 12.2. The Hall–Kier alpha value is -2.64. The third-order valence-corrected chi connectivity index (χ3v) is 4.16. The highest BCUT2D eigenvalue weighted by atomic mass is 35.5. The Morgan fingerprint density at radius 1 is 0.964 bits per heavy atom. The number of ether oxygens (including phenoxy) is 1. The van der Waals surface area contributed by atoms with Gasteiger partial charge in [-0.15, -0.1) is 0 Å². The zero-order valence-electron chi connectivity index (χ0n) is 15.6. The van der Waals surface area contributed by atoms with E-state index in [0.717, 1.165) is 6.42 Å². The number of thiocarbonyl (C=S) groups is 1. The molecule has 2 rings (SSSR count). The minimum atomic E-state index is -0.411. The summed E-state index contributed by atoms with van der Waals surface area (Å²) in [5.74, 6) is 0.471. The van der Waals surface area contributed by atoms with Gasteiger partial charge >= 0.3 is 0 Å². The van der Waals surface area contributed by atoms with Crippen molar-refractivity contribution in [1.29, 1.82) is 0 Å². The number of halogens is 1. The Morgan fingerprint density at radius 2 is 1.54 bits per heavy atom. The lowest BCUT2D eigenvalue weighted by atomic mass is 10.1. The summed E-state index contributed by atoms with van der Waals surface area (Å²) in [5.41, 5.74) is 5.76. The normalized spacial score (nSPS) is 10.3. The molecule has 0 radical (unpaired) electrons. The van der Waals surface area contributed by atoms with Crippen molar-refractivity contribution in [2.45, 2.75) is 20.3 Å². The van der Waals surface area contributed by atoms with E-state index in [1.54, 1.807) is 48.5 Å². The number of nitrogens with one attached hydrogen (secondary N) is 3. The van der Waals surface area contributed by atoms with Crippen LogP contribution in [0.25, 0.3) is 0 Å². The van der Waals surface area contributed by atoms with Gasteiger partial charge in [0.25, 0.3) is 11.8 Å². The second kappa shape index (κ2) is 10.6. The molecule has 0 aliphatic heterocycles. The first kappa shape index (κ1) is 21.7. The maximum absolute atomic E-state index is 12.2. The molecule has 148 valence electrons. The van der Waals surface area contributed by atoms with E-state index >= 15 is 0 Å². The van der Waals surface area contributed by atoms with Crippen molar-refractivity contribution < 1.29 is 14.3 Å². The van der Waals surface area contributed by atoms with Gasteiger partial charge in [0.15, 0.2) is 5.11 Å². The summed E-state index contributed by atoms with van der Waals surface area (Å²) in [6.45, 7) is 4.89. The van der Waals surface area contributed by atoms with Gasteiger partial charge in [0, 0.05) is 16.1 Å². The van der Waals surface area contributed by atoms with E-state index in [4.69, 9.17) is 28.6 Å². The van der Waals surface area contributed by atoms with Crippen molar-refractivity contribution >= 4 is 40.7 Å². The molecular formula is C20H22ClN3O3S. The molecule has 0 aliphatic carbocycles. The van der Waals surface area contributed by atoms with E-state index in [2.05, 4.69) is 30.0 Å². The van der Waals surface area contributed by atoms with Gasteiger partial charge in [-0.1, -0.05) is 25.4 Å². The number of rotatable bonds is 6. The summed E-state index contributed by atoms with van der Waals surface area (Å²) in [4.78, 5) is 24.2. The Bertz CT molecular complexity index is 824. The molecule has 0 unspecified atom stereocenters. The highest BCUT2D eigenvalue weighted by molar-refractivity contribution is 7.80. The maximum Gasteiger partial charge on any atom is 0.269 e. The van der Waals surface area contributed by atoms with Crippen LogP contribution in [0.1, 0.15) is 41.0 Å². The van der Waals surface area contributed by atoms with Crippen LogP contribution in [-0.2, 0) is 0 Å². The molecule has 0 spiro atoms. The molecule has 0 aliphatic rings. The molecule has 8 heteroatoms. The fraction of sp³-hybridized carbons (Fsp3) is 0.250. The first-order valence-electron chi connectivity index (χ1n) is 8.75. The molecule has 0 fully saturated rings.